The van der Waals surface area contributed by atoms with Gasteiger partial charge in [-0.25, -0.2) is 0 Å². The molecule has 0 saturated carbocycles. The lowest BCUT2D eigenvalue weighted by Crippen LogP contribution is -2.39. The predicted molar refractivity (Wildman–Crippen MR) is 107 cm³/mol. The molecule has 6 heteroatoms. The average Bonchev–Trinajstić information content (AvgIpc) is 2.81. The van der Waals surface area contributed by atoms with Gasteiger partial charge in [0, 0.05) is 12.6 Å². The molecule has 26 heavy (non-hydrogen) atoms. The van der Waals surface area contributed by atoms with Gasteiger partial charge in [0.1, 0.15) is 24.2 Å². The number of rotatable bonds is 6. The van der Waals surface area contributed by atoms with Crippen LogP contribution < -0.4 is 10.1 Å². The van der Waals surface area contributed by atoms with E-state index >= 15 is 0 Å². The van der Waals surface area contributed by atoms with Gasteiger partial charge in [-0.3, -0.25) is 0 Å². The molecule has 3 N–H and O–H groups in total. The minimum atomic E-state index is -0.564. The van der Waals surface area contributed by atoms with Crippen molar-refractivity contribution >= 4 is 24.0 Å². The number of ether oxygens (including phenoxy) is 1. The number of fused-ring (bicyclic) bond motifs is 1. The molecule has 0 bridgehead atoms. The summed E-state index contributed by atoms with van der Waals surface area (Å²) < 4.78 is 5.58. The van der Waals surface area contributed by atoms with Gasteiger partial charge in [0.25, 0.3) is 0 Å². The number of aryl methyl sites for hydroxylation is 1. The number of phenols is 1. The molecule has 142 valence electrons. The smallest absolute Gasteiger partial charge is 0.134 e. The zero-order valence-electron chi connectivity index (χ0n) is 14.5. The second-order valence-corrected chi connectivity index (χ2v) is 6.96. The van der Waals surface area contributed by atoms with E-state index < -0.39 is 6.10 Å². The quantitative estimate of drug-likeness (QED) is 0.649. The normalized spacial score (nSPS) is 17.5. The minimum Gasteiger partial charge on any atom is -0.506 e. The van der Waals surface area contributed by atoms with Gasteiger partial charge in [0.15, 0.2) is 0 Å². The molecule has 0 radical (unpaired) electrons. The van der Waals surface area contributed by atoms with Crippen LogP contribution in [0.5, 0.6) is 11.5 Å². The minimum absolute atomic E-state index is 0. The summed E-state index contributed by atoms with van der Waals surface area (Å²) >= 11 is 6.05. The Labute approximate surface area is 165 Å². The van der Waals surface area contributed by atoms with Crippen LogP contribution in [0.25, 0.3) is 0 Å². The number of hydrogen-bond acceptors (Lipinski definition) is 4. The Hall–Kier alpha value is -1.46. The number of hydrogen-bond donors (Lipinski definition) is 3. The van der Waals surface area contributed by atoms with Gasteiger partial charge < -0.3 is 20.3 Å². The molecule has 0 spiro atoms. The van der Waals surface area contributed by atoms with Crippen molar-refractivity contribution in [3.05, 3.63) is 58.6 Å². The largest absolute Gasteiger partial charge is 0.506 e. The summed E-state index contributed by atoms with van der Waals surface area (Å²) in [6.07, 6.45) is 3.30. The number of phenolic OH excluding ortho intramolecular Hbond substituents is 1. The van der Waals surface area contributed by atoms with Gasteiger partial charge in [-0.2, -0.15) is 0 Å². The maximum Gasteiger partial charge on any atom is 0.134 e. The highest BCUT2D eigenvalue weighted by molar-refractivity contribution is 6.32. The van der Waals surface area contributed by atoms with Crippen molar-refractivity contribution in [2.75, 3.05) is 13.2 Å². The molecule has 0 aromatic heterocycles. The Morgan fingerprint density at radius 1 is 1.19 bits per heavy atom. The zero-order valence-corrected chi connectivity index (χ0v) is 16.1. The predicted octanol–water partition coefficient (Wildman–Crippen LogP) is 3.74. The summed E-state index contributed by atoms with van der Waals surface area (Å²) in [5.74, 6) is 0.916. The number of para-hydroxylation sites is 1. The van der Waals surface area contributed by atoms with Crippen LogP contribution in [0.15, 0.2) is 42.5 Å². The first-order chi connectivity index (χ1) is 12.1. The highest BCUT2D eigenvalue weighted by Crippen LogP contribution is 2.30. The Morgan fingerprint density at radius 2 is 1.96 bits per heavy atom. The molecule has 2 atom stereocenters. The summed E-state index contributed by atoms with van der Waals surface area (Å²) in [6.45, 7) is 0.749. The lowest BCUT2D eigenvalue weighted by molar-refractivity contribution is 0.103. The van der Waals surface area contributed by atoms with Crippen LogP contribution in [0.1, 0.15) is 24.0 Å². The van der Waals surface area contributed by atoms with Gasteiger partial charge >= 0.3 is 0 Å². The summed E-state index contributed by atoms with van der Waals surface area (Å²) in [4.78, 5) is 0. The van der Waals surface area contributed by atoms with Crippen LogP contribution in [0.4, 0.5) is 0 Å². The summed E-state index contributed by atoms with van der Waals surface area (Å²) in [5, 5.41) is 23.7. The van der Waals surface area contributed by atoms with Crippen molar-refractivity contribution in [1.82, 2.24) is 5.32 Å². The molecule has 0 aliphatic heterocycles. The van der Waals surface area contributed by atoms with Crippen molar-refractivity contribution < 1.29 is 14.9 Å². The first-order valence-corrected chi connectivity index (χ1v) is 9.09. The first kappa shape index (κ1) is 20.8. The molecule has 0 saturated heterocycles. The summed E-state index contributed by atoms with van der Waals surface area (Å²) in [7, 11) is 0. The molecule has 2 aromatic rings. The topological polar surface area (TPSA) is 61.7 Å². The number of aromatic hydroxyl groups is 1. The van der Waals surface area contributed by atoms with E-state index in [-0.39, 0.29) is 30.8 Å². The molecule has 1 aliphatic carbocycles. The maximum absolute atomic E-state index is 10.1. The van der Waals surface area contributed by atoms with Crippen molar-refractivity contribution in [3.63, 3.8) is 0 Å². The van der Waals surface area contributed by atoms with E-state index in [1.807, 2.05) is 36.4 Å². The highest BCUT2D eigenvalue weighted by Gasteiger charge is 2.19. The van der Waals surface area contributed by atoms with E-state index in [9.17, 15) is 10.2 Å². The third-order valence-electron chi connectivity index (χ3n) is 4.56. The first-order valence-electron chi connectivity index (χ1n) is 8.71. The lowest BCUT2D eigenvalue weighted by Gasteiger charge is -2.20. The van der Waals surface area contributed by atoms with Gasteiger partial charge in [-0.1, -0.05) is 29.8 Å². The Morgan fingerprint density at radius 3 is 2.73 bits per heavy atom. The number of nitrogens with one attached hydrogen (secondary N) is 1. The van der Waals surface area contributed by atoms with E-state index in [1.54, 1.807) is 6.07 Å². The van der Waals surface area contributed by atoms with Gasteiger partial charge in [0.05, 0.1) is 5.02 Å². The van der Waals surface area contributed by atoms with E-state index in [1.165, 1.54) is 11.1 Å². The molecule has 0 heterocycles. The summed E-state index contributed by atoms with van der Waals surface area (Å²) in [6, 6.07) is 13.4. The fourth-order valence-corrected chi connectivity index (χ4v) is 3.41. The van der Waals surface area contributed by atoms with Gasteiger partial charge in [-0.05, 0) is 61.1 Å². The fourth-order valence-electron chi connectivity index (χ4n) is 3.22. The van der Waals surface area contributed by atoms with E-state index in [2.05, 4.69) is 5.32 Å². The van der Waals surface area contributed by atoms with Crippen molar-refractivity contribution in [3.8, 4) is 11.5 Å². The van der Waals surface area contributed by atoms with Crippen molar-refractivity contribution in [1.29, 1.82) is 0 Å². The number of aliphatic hydroxyl groups excluding tert-OH is 1. The molecule has 1 unspecified atom stereocenters. The van der Waals surface area contributed by atoms with E-state index in [0.29, 0.717) is 11.6 Å². The standard InChI is InChI=1S/C20H24ClNO3.ClH/c21-19-10-15-9-16(6-4-5-14(15)11-20(19)24)22-12-17(23)13-25-18-7-2-1-3-8-18;/h1-3,7-8,10-11,16-17,22-24H,4-6,9,12-13H2;1H/t16?,17-;/m0./s1. The van der Waals surface area contributed by atoms with Crippen LogP contribution in [-0.2, 0) is 12.8 Å². The van der Waals surface area contributed by atoms with Crippen molar-refractivity contribution in [2.24, 2.45) is 0 Å². The third kappa shape index (κ3) is 5.78. The number of benzene rings is 2. The maximum atomic E-state index is 10.1. The molecule has 0 fully saturated rings. The van der Waals surface area contributed by atoms with E-state index in [0.717, 1.165) is 31.4 Å². The van der Waals surface area contributed by atoms with E-state index in [4.69, 9.17) is 16.3 Å². The fraction of sp³-hybridized carbons (Fsp3) is 0.400. The van der Waals surface area contributed by atoms with Crippen LogP contribution >= 0.6 is 24.0 Å². The van der Waals surface area contributed by atoms with Crippen LogP contribution in [0.2, 0.25) is 5.02 Å². The van der Waals surface area contributed by atoms with Gasteiger partial charge in [-0.15, -0.1) is 12.4 Å². The molecular formula is C20H25Cl2NO3. The number of aliphatic hydroxyl groups is 1. The Balaban J connectivity index is 0.00000243. The molecule has 4 nitrogen and oxygen atoms in total. The van der Waals surface area contributed by atoms with Gasteiger partial charge in [0.2, 0.25) is 0 Å². The molecular weight excluding hydrogens is 373 g/mol. The second kappa shape index (κ2) is 10.0. The van der Waals surface area contributed by atoms with Crippen LogP contribution in [0.3, 0.4) is 0 Å². The summed E-state index contributed by atoms with van der Waals surface area (Å²) in [5.41, 5.74) is 2.34. The SMILES string of the molecule is Cl.Oc1cc2c(cc1Cl)CC(NC[C@H](O)COc1ccccc1)CCC2. The molecule has 0 amide bonds. The molecule has 3 rings (SSSR count). The molecule has 2 aromatic carbocycles. The monoisotopic (exact) mass is 397 g/mol. The highest BCUT2D eigenvalue weighted by atomic mass is 35.5. The Kier molecular flexibility index (Phi) is 8.04. The average molecular weight is 398 g/mol. The zero-order chi connectivity index (χ0) is 17.6. The number of halogens is 2. The van der Waals surface area contributed by atoms with Crippen LogP contribution in [0, 0.1) is 0 Å². The third-order valence-corrected chi connectivity index (χ3v) is 4.86. The molecule has 1 aliphatic rings. The lowest BCUT2D eigenvalue weighted by atomic mass is 10.0. The van der Waals surface area contributed by atoms with Crippen molar-refractivity contribution in [2.45, 2.75) is 37.8 Å². The van der Waals surface area contributed by atoms with Crippen LogP contribution in [-0.4, -0.2) is 35.5 Å². The second-order valence-electron chi connectivity index (χ2n) is 6.55. The Bertz CT molecular complexity index is 697.